The van der Waals surface area contributed by atoms with Crippen LogP contribution in [0.4, 0.5) is 5.69 Å². The second-order valence-electron chi connectivity index (χ2n) is 4.53. The number of nitrogens with one attached hydrogen (secondary N) is 1. The van der Waals surface area contributed by atoms with Crippen molar-refractivity contribution in [3.05, 3.63) is 35.7 Å². The molecule has 1 heterocycles. The summed E-state index contributed by atoms with van der Waals surface area (Å²) in [5.41, 5.74) is 1.48. The standard InChI is InChI=1S/C15H19N3O4/c1-4-18-13(15(19)20)11(9-17-18)16-8-10-6-5-7-12(21-2)14(10)22-3/h5-7,9,16H,4,8H2,1-3H3,(H,19,20). The van der Waals surface area contributed by atoms with Crippen molar-refractivity contribution in [1.29, 1.82) is 0 Å². The topological polar surface area (TPSA) is 85.6 Å². The third-order valence-corrected chi connectivity index (χ3v) is 3.30. The van der Waals surface area contributed by atoms with Gasteiger partial charge >= 0.3 is 5.97 Å². The van der Waals surface area contributed by atoms with E-state index in [-0.39, 0.29) is 5.69 Å². The van der Waals surface area contributed by atoms with Gasteiger partial charge in [0.2, 0.25) is 0 Å². The van der Waals surface area contributed by atoms with Crippen LogP contribution in [0.1, 0.15) is 23.0 Å². The summed E-state index contributed by atoms with van der Waals surface area (Å²) < 4.78 is 12.0. The Bertz CT molecular complexity index is 667. The number of aryl methyl sites for hydroxylation is 1. The maximum absolute atomic E-state index is 11.4. The predicted molar refractivity (Wildman–Crippen MR) is 81.7 cm³/mol. The quantitative estimate of drug-likeness (QED) is 0.816. The van der Waals surface area contributed by atoms with E-state index in [0.29, 0.717) is 30.3 Å². The van der Waals surface area contributed by atoms with Gasteiger partial charge in [0.15, 0.2) is 17.2 Å². The number of rotatable bonds is 7. The van der Waals surface area contributed by atoms with E-state index in [1.54, 1.807) is 20.3 Å². The average Bonchev–Trinajstić information content (AvgIpc) is 2.95. The Labute approximate surface area is 128 Å². The van der Waals surface area contributed by atoms with Crippen LogP contribution in [0.2, 0.25) is 0 Å². The largest absolute Gasteiger partial charge is 0.493 e. The first-order valence-electron chi connectivity index (χ1n) is 6.85. The maximum Gasteiger partial charge on any atom is 0.356 e. The van der Waals surface area contributed by atoms with Crippen LogP contribution < -0.4 is 14.8 Å². The highest BCUT2D eigenvalue weighted by Crippen LogP contribution is 2.31. The average molecular weight is 305 g/mol. The Balaban J connectivity index is 2.24. The molecule has 0 bridgehead atoms. The van der Waals surface area contributed by atoms with E-state index in [0.717, 1.165) is 5.56 Å². The summed E-state index contributed by atoms with van der Waals surface area (Å²) in [6.45, 7) is 2.73. The molecule has 7 heteroatoms. The number of carbonyl (C=O) groups is 1. The zero-order chi connectivity index (χ0) is 16.1. The molecule has 7 nitrogen and oxygen atoms in total. The Morgan fingerprint density at radius 3 is 2.73 bits per heavy atom. The molecule has 0 aliphatic rings. The van der Waals surface area contributed by atoms with Gasteiger partial charge in [-0.3, -0.25) is 4.68 Å². The highest BCUT2D eigenvalue weighted by molar-refractivity contribution is 5.92. The first kappa shape index (κ1) is 15.7. The normalized spacial score (nSPS) is 10.3. The fraction of sp³-hybridized carbons (Fsp3) is 0.333. The number of para-hydroxylation sites is 1. The predicted octanol–water partition coefficient (Wildman–Crippen LogP) is 2.23. The number of anilines is 1. The van der Waals surface area contributed by atoms with Crippen LogP contribution >= 0.6 is 0 Å². The number of ether oxygens (including phenoxy) is 2. The molecule has 0 atom stereocenters. The van der Waals surface area contributed by atoms with Crippen molar-refractivity contribution in [3.8, 4) is 11.5 Å². The van der Waals surface area contributed by atoms with Crippen LogP contribution in [-0.4, -0.2) is 35.1 Å². The second kappa shape index (κ2) is 6.84. The molecule has 0 amide bonds. The number of nitrogens with zero attached hydrogens (tertiary/aromatic N) is 2. The summed E-state index contributed by atoms with van der Waals surface area (Å²) in [5, 5.41) is 16.5. The van der Waals surface area contributed by atoms with Gasteiger partial charge in [0.1, 0.15) is 0 Å². The first-order chi connectivity index (χ1) is 10.6. The molecular formula is C15H19N3O4. The number of aromatic carboxylic acids is 1. The van der Waals surface area contributed by atoms with Gasteiger partial charge in [-0.1, -0.05) is 12.1 Å². The monoisotopic (exact) mass is 305 g/mol. The van der Waals surface area contributed by atoms with Gasteiger partial charge in [-0.25, -0.2) is 4.79 Å². The molecule has 0 saturated heterocycles. The molecule has 1 aromatic heterocycles. The Morgan fingerprint density at radius 2 is 2.14 bits per heavy atom. The number of carboxylic acid groups (broad SMARTS) is 1. The van der Waals surface area contributed by atoms with Crippen LogP contribution in [0.15, 0.2) is 24.4 Å². The van der Waals surface area contributed by atoms with Crippen molar-refractivity contribution < 1.29 is 19.4 Å². The number of benzene rings is 1. The summed E-state index contributed by atoms with van der Waals surface area (Å²) in [6, 6.07) is 5.55. The van der Waals surface area contributed by atoms with E-state index < -0.39 is 5.97 Å². The fourth-order valence-corrected chi connectivity index (χ4v) is 2.26. The van der Waals surface area contributed by atoms with Crippen molar-refractivity contribution in [2.24, 2.45) is 0 Å². The van der Waals surface area contributed by atoms with Gasteiger partial charge in [-0.2, -0.15) is 5.10 Å². The van der Waals surface area contributed by atoms with Crippen LogP contribution in [0.5, 0.6) is 11.5 Å². The zero-order valence-corrected chi connectivity index (χ0v) is 12.8. The van der Waals surface area contributed by atoms with Crippen LogP contribution in [0.3, 0.4) is 0 Å². The van der Waals surface area contributed by atoms with Gasteiger partial charge in [0, 0.05) is 18.7 Å². The molecule has 2 N–H and O–H groups in total. The maximum atomic E-state index is 11.4. The molecule has 0 spiro atoms. The van der Waals surface area contributed by atoms with Gasteiger partial charge < -0.3 is 19.9 Å². The number of methoxy groups -OCH3 is 2. The van der Waals surface area contributed by atoms with E-state index >= 15 is 0 Å². The molecule has 1 aromatic carbocycles. The number of aromatic nitrogens is 2. The van der Waals surface area contributed by atoms with E-state index in [2.05, 4.69) is 10.4 Å². The SMILES string of the molecule is CCn1ncc(NCc2cccc(OC)c2OC)c1C(=O)O. The third-order valence-electron chi connectivity index (χ3n) is 3.30. The van der Waals surface area contributed by atoms with E-state index in [9.17, 15) is 9.90 Å². The van der Waals surface area contributed by atoms with Crippen molar-refractivity contribution in [2.45, 2.75) is 20.0 Å². The minimum absolute atomic E-state index is 0.143. The summed E-state index contributed by atoms with van der Waals surface area (Å²) in [4.78, 5) is 11.4. The number of hydrogen-bond donors (Lipinski definition) is 2. The Kier molecular flexibility index (Phi) is 4.88. The molecule has 118 valence electrons. The summed E-state index contributed by atoms with van der Waals surface area (Å²) in [5.74, 6) is 0.237. The highest BCUT2D eigenvalue weighted by Gasteiger charge is 2.17. The van der Waals surface area contributed by atoms with Gasteiger partial charge in [0.25, 0.3) is 0 Å². The van der Waals surface area contributed by atoms with E-state index in [4.69, 9.17) is 9.47 Å². The smallest absolute Gasteiger partial charge is 0.356 e. The lowest BCUT2D eigenvalue weighted by atomic mass is 10.1. The lowest BCUT2D eigenvalue weighted by Gasteiger charge is -2.13. The third kappa shape index (κ3) is 2.98. The molecule has 0 radical (unpaired) electrons. The van der Waals surface area contributed by atoms with E-state index in [1.807, 2.05) is 19.1 Å². The van der Waals surface area contributed by atoms with Crippen LogP contribution in [-0.2, 0) is 13.1 Å². The van der Waals surface area contributed by atoms with Crippen molar-refractivity contribution in [2.75, 3.05) is 19.5 Å². The lowest BCUT2D eigenvalue weighted by molar-refractivity contribution is 0.0684. The van der Waals surface area contributed by atoms with Crippen molar-refractivity contribution in [3.63, 3.8) is 0 Å². The highest BCUT2D eigenvalue weighted by atomic mass is 16.5. The summed E-state index contributed by atoms with van der Waals surface area (Å²) in [7, 11) is 3.14. The van der Waals surface area contributed by atoms with Gasteiger partial charge in [0.05, 0.1) is 26.1 Å². The zero-order valence-electron chi connectivity index (χ0n) is 12.8. The summed E-state index contributed by atoms with van der Waals surface area (Å²) in [6.07, 6.45) is 1.51. The fourth-order valence-electron chi connectivity index (χ4n) is 2.26. The molecule has 22 heavy (non-hydrogen) atoms. The molecule has 2 rings (SSSR count). The van der Waals surface area contributed by atoms with Gasteiger partial charge in [-0.05, 0) is 13.0 Å². The minimum Gasteiger partial charge on any atom is -0.493 e. The van der Waals surface area contributed by atoms with Gasteiger partial charge in [-0.15, -0.1) is 0 Å². The molecule has 0 aliphatic heterocycles. The first-order valence-corrected chi connectivity index (χ1v) is 6.85. The molecular weight excluding hydrogens is 286 g/mol. The number of hydrogen-bond acceptors (Lipinski definition) is 5. The van der Waals surface area contributed by atoms with Crippen molar-refractivity contribution >= 4 is 11.7 Å². The second-order valence-corrected chi connectivity index (χ2v) is 4.53. The minimum atomic E-state index is -1.01. The van der Waals surface area contributed by atoms with E-state index in [1.165, 1.54) is 10.9 Å². The van der Waals surface area contributed by atoms with Crippen LogP contribution in [0, 0.1) is 0 Å². The molecule has 0 saturated carbocycles. The lowest BCUT2D eigenvalue weighted by Crippen LogP contribution is -2.11. The Hall–Kier alpha value is -2.70. The van der Waals surface area contributed by atoms with Crippen LogP contribution in [0.25, 0.3) is 0 Å². The summed E-state index contributed by atoms with van der Waals surface area (Å²) >= 11 is 0. The Morgan fingerprint density at radius 1 is 1.36 bits per heavy atom. The number of carboxylic acids is 1. The molecule has 0 aliphatic carbocycles. The molecule has 0 fully saturated rings. The molecule has 0 unspecified atom stereocenters. The molecule has 2 aromatic rings. The van der Waals surface area contributed by atoms with Crippen molar-refractivity contribution in [1.82, 2.24) is 9.78 Å².